The number of hydrogen-bond acceptors (Lipinski definition) is 5. The molecule has 3 saturated heterocycles. The molecule has 1 aliphatic carbocycles. The molecule has 0 radical (unpaired) electrons. The van der Waals surface area contributed by atoms with E-state index in [1.54, 1.807) is 0 Å². The summed E-state index contributed by atoms with van der Waals surface area (Å²) >= 11 is 0. The standard InChI is InChI=1S/C15H23N5/c1-9-13(16)18-15(11-2-3-11)19-14(9)17-12-8-20-6-4-10(12)5-7-20/h10-12H,2-8H2,1H3,(H3,16,17,18,19). The molecular weight excluding hydrogens is 250 g/mol. The Morgan fingerprint density at radius 1 is 1.15 bits per heavy atom. The maximum atomic E-state index is 6.07. The number of fused-ring (bicyclic) bond motifs is 3. The molecule has 5 nitrogen and oxygen atoms in total. The maximum Gasteiger partial charge on any atom is 0.136 e. The van der Waals surface area contributed by atoms with Crippen molar-refractivity contribution >= 4 is 11.6 Å². The Labute approximate surface area is 120 Å². The summed E-state index contributed by atoms with van der Waals surface area (Å²) in [6.45, 7) is 5.70. The van der Waals surface area contributed by atoms with Crippen molar-refractivity contribution in [3.05, 3.63) is 11.4 Å². The summed E-state index contributed by atoms with van der Waals surface area (Å²) in [6, 6.07) is 0.526. The van der Waals surface area contributed by atoms with Gasteiger partial charge in [-0.15, -0.1) is 0 Å². The van der Waals surface area contributed by atoms with Crippen molar-refractivity contribution in [3.8, 4) is 0 Å². The minimum atomic E-state index is 0.526. The zero-order chi connectivity index (χ0) is 13.7. The number of aromatic nitrogens is 2. The lowest BCUT2D eigenvalue weighted by Gasteiger charge is -2.45. The second kappa shape index (κ2) is 4.58. The average Bonchev–Trinajstić information content (AvgIpc) is 3.29. The van der Waals surface area contributed by atoms with Crippen molar-refractivity contribution < 1.29 is 0 Å². The SMILES string of the molecule is Cc1c(N)nc(C2CC2)nc1NC1CN2CCC1CC2. The maximum absolute atomic E-state index is 6.07. The number of nitrogens with two attached hydrogens (primary N) is 1. The zero-order valence-electron chi connectivity index (χ0n) is 12.1. The van der Waals surface area contributed by atoms with Gasteiger partial charge in [0.05, 0.1) is 0 Å². The number of piperidine rings is 3. The monoisotopic (exact) mass is 273 g/mol. The Bertz CT molecular complexity index is 517. The topological polar surface area (TPSA) is 67.1 Å². The molecule has 0 aromatic carbocycles. The Balaban J connectivity index is 1.58. The van der Waals surface area contributed by atoms with Crippen LogP contribution in [-0.2, 0) is 0 Å². The second-order valence-electron chi connectivity index (χ2n) is 6.60. The first kappa shape index (κ1) is 12.4. The number of nitrogen functional groups attached to an aromatic ring is 1. The van der Waals surface area contributed by atoms with Crippen LogP contribution >= 0.6 is 0 Å². The zero-order valence-corrected chi connectivity index (χ0v) is 12.1. The van der Waals surface area contributed by atoms with Gasteiger partial charge in [-0.2, -0.15) is 0 Å². The molecule has 0 spiro atoms. The van der Waals surface area contributed by atoms with E-state index in [1.165, 1.54) is 38.8 Å². The Morgan fingerprint density at radius 3 is 2.50 bits per heavy atom. The summed E-state index contributed by atoms with van der Waals surface area (Å²) in [5.41, 5.74) is 7.07. The molecule has 1 saturated carbocycles. The number of anilines is 2. The summed E-state index contributed by atoms with van der Waals surface area (Å²) in [5.74, 6) is 3.89. The van der Waals surface area contributed by atoms with Gasteiger partial charge < -0.3 is 16.0 Å². The molecule has 3 aliphatic heterocycles. The molecule has 4 aliphatic rings. The van der Waals surface area contributed by atoms with Crippen LogP contribution in [0.2, 0.25) is 0 Å². The van der Waals surface area contributed by atoms with E-state index < -0.39 is 0 Å². The van der Waals surface area contributed by atoms with Gasteiger partial charge in [0, 0.05) is 24.1 Å². The van der Waals surface area contributed by atoms with Crippen molar-refractivity contribution in [2.75, 3.05) is 30.7 Å². The molecule has 20 heavy (non-hydrogen) atoms. The summed E-state index contributed by atoms with van der Waals surface area (Å²) in [7, 11) is 0. The van der Waals surface area contributed by atoms with Gasteiger partial charge in [-0.1, -0.05) is 0 Å². The summed E-state index contributed by atoms with van der Waals surface area (Å²) in [6.07, 6.45) is 5.04. The molecule has 1 unspecified atom stereocenters. The molecule has 1 atom stereocenters. The lowest BCUT2D eigenvalue weighted by molar-refractivity contribution is 0.0973. The molecule has 2 bridgehead atoms. The number of nitrogens with zero attached hydrogens (tertiary/aromatic N) is 3. The van der Waals surface area contributed by atoms with Crippen LogP contribution in [0.3, 0.4) is 0 Å². The highest BCUT2D eigenvalue weighted by atomic mass is 15.2. The fraction of sp³-hybridized carbons (Fsp3) is 0.733. The van der Waals surface area contributed by atoms with E-state index in [2.05, 4.69) is 15.2 Å². The van der Waals surface area contributed by atoms with Crippen LogP contribution in [0.4, 0.5) is 11.6 Å². The molecule has 108 valence electrons. The van der Waals surface area contributed by atoms with Crippen molar-refractivity contribution in [2.45, 2.75) is 44.6 Å². The highest BCUT2D eigenvalue weighted by Gasteiger charge is 2.35. The van der Waals surface area contributed by atoms with Gasteiger partial charge >= 0.3 is 0 Å². The molecule has 1 aromatic heterocycles. The summed E-state index contributed by atoms with van der Waals surface area (Å²) in [4.78, 5) is 11.8. The van der Waals surface area contributed by atoms with Crippen molar-refractivity contribution in [1.29, 1.82) is 0 Å². The predicted molar refractivity (Wildman–Crippen MR) is 79.7 cm³/mol. The molecule has 5 rings (SSSR count). The van der Waals surface area contributed by atoms with Crippen molar-refractivity contribution in [1.82, 2.24) is 14.9 Å². The normalized spacial score (nSPS) is 32.4. The third-order valence-electron chi connectivity index (χ3n) is 5.12. The molecular formula is C15H23N5. The summed E-state index contributed by atoms with van der Waals surface area (Å²) in [5, 5.41) is 3.67. The molecule has 0 amide bonds. The quantitative estimate of drug-likeness (QED) is 0.878. The minimum absolute atomic E-state index is 0.526. The number of nitrogens with one attached hydrogen (secondary N) is 1. The van der Waals surface area contributed by atoms with Crippen LogP contribution in [-0.4, -0.2) is 40.5 Å². The smallest absolute Gasteiger partial charge is 0.136 e. The largest absolute Gasteiger partial charge is 0.383 e. The van der Waals surface area contributed by atoms with Crippen LogP contribution in [0, 0.1) is 12.8 Å². The van der Waals surface area contributed by atoms with Gasteiger partial charge in [0.25, 0.3) is 0 Å². The third kappa shape index (κ3) is 2.14. The van der Waals surface area contributed by atoms with E-state index >= 15 is 0 Å². The van der Waals surface area contributed by atoms with E-state index in [0.29, 0.717) is 17.8 Å². The van der Waals surface area contributed by atoms with Gasteiger partial charge in [-0.25, -0.2) is 9.97 Å². The van der Waals surface area contributed by atoms with Crippen LogP contribution in [0.25, 0.3) is 0 Å². The first-order chi connectivity index (χ1) is 9.70. The predicted octanol–water partition coefficient (Wildman–Crippen LogP) is 1.75. The highest BCUT2D eigenvalue weighted by Crippen LogP contribution is 2.39. The average molecular weight is 273 g/mol. The first-order valence-corrected chi connectivity index (χ1v) is 7.83. The van der Waals surface area contributed by atoms with Crippen LogP contribution < -0.4 is 11.1 Å². The van der Waals surface area contributed by atoms with Crippen molar-refractivity contribution in [2.24, 2.45) is 5.92 Å². The minimum Gasteiger partial charge on any atom is -0.383 e. The lowest BCUT2D eigenvalue weighted by Crippen LogP contribution is -2.53. The third-order valence-corrected chi connectivity index (χ3v) is 5.12. The fourth-order valence-electron chi connectivity index (χ4n) is 3.52. The molecule has 4 heterocycles. The van der Waals surface area contributed by atoms with Gasteiger partial charge in [-0.05, 0) is 51.6 Å². The number of hydrogen-bond donors (Lipinski definition) is 2. The first-order valence-electron chi connectivity index (χ1n) is 7.83. The van der Waals surface area contributed by atoms with Crippen LogP contribution in [0.15, 0.2) is 0 Å². The molecule has 3 N–H and O–H groups in total. The molecule has 5 heteroatoms. The lowest BCUT2D eigenvalue weighted by atomic mass is 9.84. The van der Waals surface area contributed by atoms with E-state index in [9.17, 15) is 0 Å². The number of rotatable bonds is 3. The highest BCUT2D eigenvalue weighted by molar-refractivity contribution is 5.55. The van der Waals surface area contributed by atoms with E-state index in [4.69, 9.17) is 10.7 Å². The fourth-order valence-corrected chi connectivity index (χ4v) is 3.52. The van der Waals surface area contributed by atoms with Crippen molar-refractivity contribution in [3.63, 3.8) is 0 Å². The van der Waals surface area contributed by atoms with Crippen LogP contribution in [0.5, 0.6) is 0 Å². The molecule has 4 fully saturated rings. The Morgan fingerprint density at radius 2 is 1.90 bits per heavy atom. The van der Waals surface area contributed by atoms with E-state index in [0.717, 1.165) is 29.7 Å². The van der Waals surface area contributed by atoms with Gasteiger partial charge in [0.1, 0.15) is 17.5 Å². The Hall–Kier alpha value is -1.36. The van der Waals surface area contributed by atoms with Gasteiger partial charge in [0.2, 0.25) is 0 Å². The van der Waals surface area contributed by atoms with Gasteiger partial charge in [-0.3, -0.25) is 0 Å². The van der Waals surface area contributed by atoms with Gasteiger partial charge in [0.15, 0.2) is 0 Å². The Kier molecular flexibility index (Phi) is 2.84. The van der Waals surface area contributed by atoms with E-state index in [-0.39, 0.29) is 0 Å². The summed E-state index contributed by atoms with van der Waals surface area (Å²) < 4.78 is 0. The van der Waals surface area contributed by atoms with E-state index in [1.807, 2.05) is 6.92 Å². The molecule has 1 aromatic rings. The van der Waals surface area contributed by atoms with Crippen LogP contribution in [0.1, 0.15) is 43.0 Å². The second-order valence-corrected chi connectivity index (χ2v) is 6.60.